The Labute approximate surface area is 218 Å². The van der Waals surface area contributed by atoms with Crippen LogP contribution in [0.1, 0.15) is 41.1 Å². The van der Waals surface area contributed by atoms with Crippen LogP contribution in [0.25, 0.3) is 15.9 Å². The topological polar surface area (TPSA) is 70.4 Å². The molecule has 2 aromatic heterocycles. The Morgan fingerprint density at radius 2 is 1.86 bits per heavy atom. The predicted molar refractivity (Wildman–Crippen MR) is 146 cm³/mol. The Bertz CT molecular complexity index is 1460. The van der Waals surface area contributed by atoms with Crippen molar-refractivity contribution in [2.45, 2.75) is 38.3 Å². The monoisotopic (exact) mass is 520 g/mol. The van der Waals surface area contributed by atoms with E-state index < -0.39 is 0 Å². The standard InChI is InChI=1S/C28H28N2O4S2/c1-4-34-21-12-8-19(9-13-21)30-27(32)25-22-14-5-17(2)15-24(22)36-26(25)29-28(30)35-16-23(31)18-6-10-20(33-3)11-7-18/h6-13,17H,4-5,14-16H2,1-3H3. The number of aromatic nitrogens is 2. The van der Waals surface area contributed by atoms with Gasteiger partial charge in [0.2, 0.25) is 0 Å². The maximum absolute atomic E-state index is 13.9. The summed E-state index contributed by atoms with van der Waals surface area (Å²) in [5.74, 6) is 2.19. The molecular formula is C28H28N2O4S2. The van der Waals surface area contributed by atoms with Gasteiger partial charge >= 0.3 is 0 Å². The first-order valence-corrected chi connectivity index (χ1v) is 13.9. The van der Waals surface area contributed by atoms with Crippen LogP contribution in [0.2, 0.25) is 0 Å². The normalized spacial score (nSPS) is 15.0. The SMILES string of the molecule is CCOc1ccc(-n2c(SCC(=O)c3ccc(OC)cc3)nc3sc4c(c3c2=O)CCC(C)C4)cc1. The largest absolute Gasteiger partial charge is 0.497 e. The molecule has 1 aliphatic carbocycles. The van der Waals surface area contributed by atoms with E-state index in [9.17, 15) is 9.59 Å². The summed E-state index contributed by atoms with van der Waals surface area (Å²) in [7, 11) is 1.59. The van der Waals surface area contributed by atoms with E-state index in [1.165, 1.54) is 16.6 Å². The van der Waals surface area contributed by atoms with Gasteiger partial charge < -0.3 is 9.47 Å². The summed E-state index contributed by atoms with van der Waals surface area (Å²) in [6.07, 6.45) is 2.96. The number of Topliss-reactive ketones (excluding diaryl/α,β-unsaturated/α-hetero) is 1. The molecule has 186 valence electrons. The van der Waals surface area contributed by atoms with Crippen LogP contribution in [0.4, 0.5) is 0 Å². The predicted octanol–water partition coefficient (Wildman–Crippen LogP) is 5.95. The van der Waals surface area contributed by atoms with E-state index in [1.807, 2.05) is 31.2 Å². The van der Waals surface area contributed by atoms with Crippen molar-refractivity contribution < 1.29 is 14.3 Å². The number of carbonyl (C=O) groups excluding carboxylic acids is 1. The minimum absolute atomic E-state index is 0.0328. The van der Waals surface area contributed by atoms with Crippen LogP contribution in [0, 0.1) is 5.92 Å². The molecule has 8 heteroatoms. The summed E-state index contributed by atoms with van der Waals surface area (Å²) >= 11 is 2.91. The van der Waals surface area contributed by atoms with E-state index >= 15 is 0 Å². The quantitative estimate of drug-likeness (QED) is 0.162. The van der Waals surface area contributed by atoms with Gasteiger partial charge in [0.15, 0.2) is 10.9 Å². The number of nitrogens with zero attached hydrogens (tertiary/aromatic N) is 2. The smallest absolute Gasteiger partial charge is 0.267 e. The molecule has 0 fully saturated rings. The van der Waals surface area contributed by atoms with Crippen molar-refractivity contribution in [3.8, 4) is 17.2 Å². The van der Waals surface area contributed by atoms with Gasteiger partial charge in [-0.3, -0.25) is 14.2 Å². The van der Waals surface area contributed by atoms with Gasteiger partial charge in [0, 0.05) is 10.4 Å². The number of thiophene rings is 1. The first kappa shape index (κ1) is 24.6. The van der Waals surface area contributed by atoms with Gasteiger partial charge in [-0.2, -0.15) is 0 Å². The lowest BCUT2D eigenvalue weighted by atomic mass is 9.89. The van der Waals surface area contributed by atoms with E-state index in [1.54, 1.807) is 47.3 Å². The Kier molecular flexibility index (Phi) is 7.16. The first-order chi connectivity index (χ1) is 17.5. The second-order valence-corrected chi connectivity index (χ2v) is 11.0. The van der Waals surface area contributed by atoms with Gasteiger partial charge in [0.05, 0.1) is 30.5 Å². The lowest BCUT2D eigenvalue weighted by Crippen LogP contribution is -2.23. The van der Waals surface area contributed by atoms with Gasteiger partial charge in [-0.05, 0) is 86.2 Å². The maximum atomic E-state index is 13.9. The summed E-state index contributed by atoms with van der Waals surface area (Å²) in [5, 5.41) is 1.24. The molecule has 0 N–H and O–H groups in total. The molecule has 6 nitrogen and oxygen atoms in total. The molecular weight excluding hydrogens is 492 g/mol. The van der Waals surface area contributed by atoms with Crippen molar-refractivity contribution in [2.75, 3.05) is 19.5 Å². The van der Waals surface area contributed by atoms with Crippen molar-refractivity contribution >= 4 is 39.1 Å². The van der Waals surface area contributed by atoms with Crippen molar-refractivity contribution in [2.24, 2.45) is 5.92 Å². The second-order valence-electron chi connectivity index (χ2n) is 8.93. The highest BCUT2D eigenvalue weighted by molar-refractivity contribution is 7.99. The highest BCUT2D eigenvalue weighted by Crippen LogP contribution is 2.37. The van der Waals surface area contributed by atoms with Crippen LogP contribution in [0.15, 0.2) is 58.5 Å². The van der Waals surface area contributed by atoms with Crippen LogP contribution in [-0.2, 0) is 12.8 Å². The molecule has 5 rings (SSSR count). The minimum Gasteiger partial charge on any atom is -0.497 e. The Morgan fingerprint density at radius 3 is 2.56 bits per heavy atom. The molecule has 0 spiro atoms. The molecule has 2 heterocycles. The molecule has 0 bridgehead atoms. The second kappa shape index (κ2) is 10.5. The summed E-state index contributed by atoms with van der Waals surface area (Å²) in [6, 6.07) is 14.5. The fourth-order valence-corrected chi connectivity index (χ4v) is 6.88. The number of carbonyl (C=O) groups is 1. The van der Waals surface area contributed by atoms with Gasteiger partial charge in [-0.15, -0.1) is 11.3 Å². The van der Waals surface area contributed by atoms with E-state index in [2.05, 4.69) is 6.92 Å². The van der Waals surface area contributed by atoms with Crippen molar-refractivity contribution in [3.05, 3.63) is 74.9 Å². The molecule has 36 heavy (non-hydrogen) atoms. The van der Waals surface area contributed by atoms with Gasteiger partial charge in [-0.25, -0.2) is 4.98 Å². The minimum atomic E-state index is -0.0735. The number of benzene rings is 2. The molecule has 1 atom stereocenters. The number of rotatable bonds is 8. The van der Waals surface area contributed by atoms with E-state index in [-0.39, 0.29) is 17.1 Å². The zero-order chi connectivity index (χ0) is 25.2. The molecule has 1 unspecified atom stereocenters. The average molecular weight is 521 g/mol. The zero-order valence-electron chi connectivity index (χ0n) is 20.6. The number of hydrogen-bond donors (Lipinski definition) is 0. The third kappa shape index (κ3) is 4.80. The Morgan fingerprint density at radius 1 is 1.14 bits per heavy atom. The van der Waals surface area contributed by atoms with Crippen molar-refractivity contribution in [3.63, 3.8) is 0 Å². The summed E-state index contributed by atoms with van der Waals surface area (Å²) in [6.45, 7) is 4.76. The number of aryl methyl sites for hydroxylation is 1. The molecule has 0 aliphatic heterocycles. The van der Waals surface area contributed by atoms with Gasteiger partial charge in [-0.1, -0.05) is 18.7 Å². The van der Waals surface area contributed by atoms with Crippen LogP contribution in [0.3, 0.4) is 0 Å². The number of fused-ring (bicyclic) bond motifs is 3. The molecule has 4 aromatic rings. The Balaban J connectivity index is 1.55. The fraction of sp³-hybridized carbons (Fsp3) is 0.321. The van der Waals surface area contributed by atoms with Crippen LogP contribution >= 0.6 is 23.1 Å². The molecule has 0 saturated carbocycles. The van der Waals surface area contributed by atoms with Gasteiger partial charge in [0.25, 0.3) is 5.56 Å². The fourth-order valence-electron chi connectivity index (χ4n) is 4.54. The van der Waals surface area contributed by atoms with Crippen LogP contribution in [-0.4, -0.2) is 34.8 Å². The summed E-state index contributed by atoms with van der Waals surface area (Å²) < 4.78 is 12.4. The highest BCUT2D eigenvalue weighted by atomic mass is 32.2. The third-order valence-electron chi connectivity index (χ3n) is 6.45. The highest BCUT2D eigenvalue weighted by Gasteiger charge is 2.25. The molecule has 1 aliphatic rings. The van der Waals surface area contributed by atoms with Crippen LogP contribution < -0.4 is 15.0 Å². The first-order valence-electron chi connectivity index (χ1n) is 12.1. The molecule has 0 amide bonds. The molecule has 0 saturated heterocycles. The summed E-state index contributed by atoms with van der Waals surface area (Å²) in [4.78, 5) is 33.8. The average Bonchev–Trinajstić information content (AvgIpc) is 3.25. The third-order valence-corrected chi connectivity index (χ3v) is 8.54. The van der Waals surface area contributed by atoms with Gasteiger partial charge in [0.1, 0.15) is 16.3 Å². The van der Waals surface area contributed by atoms with Crippen LogP contribution in [0.5, 0.6) is 11.5 Å². The Hall–Kier alpha value is -3.10. The number of ether oxygens (including phenoxy) is 2. The molecule has 2 aromatic carbocycles. The van der Waals surface area contributed by atoms with E-state index in [4.69, 9.17) is 14.5 Å². The zero-order valence-corrected chi connectivity index (χ0v) is 22.2. The lowest BCUT2D eigenvalue weighted by Gasteiger charge is -2.18. The molecule has 0 radical (unpaired) electrons. The lowest BCUT2D eigenvalue weighted by molar-refractivity contribution is 0.102. The van der Waals surface area contributed by atoms with E-state index in [0.29, 0.717) is 34.7 Å². The number of ketones is 1. The number of hydrogen-bond acceptors (Lipinski definition) is 7. The van der Waals surface area contributed by atoms with Crippen molar-refractivity contribution in [1.29, 1.82) is 0 Å². The maximum Gasteiger partial charge on any atom is 0.267 e. The number of methoxy groups -OCH3 is 1. The van der Waals surface area contributed by atoms with Crippen molar-refractivity contribution in [1.82, 2.24) is 9.55 Å². The van der Waals surface area contributed by atoms with E-state index in [0.717, 1.165) is 40.8 Å². The summed E-state index contributed by atoms with van der Waals surface area (Å²) in [5.41, 5.74) is 2.38. The number of thioether (sulfide) groups is 1.